The van der Waals surface area contributed by atoms with Gasteiger partial charge in [-0.05, 0) is 35.2 Å². The lowest BCUT2D eigenvalue weighted by Crippen LogP contribution is -2.16. The van der Waals surface area contributed by atoms with E-state index in [9.17, 15) is 8.42 Å². The molecular formula is C16H17Cl2NO2S. The molecule has 2 rings (SSSR count). The van der Waals surface area contributed by atoms with Crippen molar-refractivity contribution in [1.29, 1.82) is 0 Å². The lowest BCUT2D eigenvalue weighted by Gasteiger charge is -2.15. The molecule has 0 aromatic heterocycles. The summed E-state index contributed by atoms with van der Waals surface area (Å²) < 4.78 is 27.4. The Hall–Kier alpha value is -1.23. The summed E-state index contributed by atoms with van der Waals surface area (Å²) in [7, 11) is -3.53. The van der Waals surface area contributed by atoms with Crippen LogP contribution in [0.1, 0.15) is 30.9 Å². The van der Waals surface area contributed by atoms with Gasteiger partial charge in [-0.25, -0.2) is 8.42 Å². The molecule has 0 unspecified atom stereocenters. The monoisotopic (exact) mass is 357 g/mol. The van der Waals surface area contributed by atoms with Gasteiger partial charge in [-0.15, -0.1) is 0 Å². The molecule has 2 aromatic carbocycles. The van der Waals surface area contributed by atoms with Gasteiger partial charge in [0.2, 0.25) is 10.0 Å². The van der Waals surface area contributed by atoms with Crippen LogP contribution in [0.5, 0.6) is 0 Å². The molecule has 22 heavy (non-hydrogen) atoms. The van der Waals surface area contributed by atoms with Crippen molar-refractivity contribution in [2.24, 2.45) is 0 Å². The van der Waals surface area contributed by atoms with Crippen LogP contribution >= 0.6 is 23.2 Å². The first-order chi connectivity index (χ1) is 10.3. The highest BCUT2D eigenvalue weighted by atomic mass is 35.5. The molecule has 0 saturated carbocycles. The van der Waals surface area contributed by atoms with Gasteiger partial charge in [0.1, 0.15) is 0 Å². The van der Waals surface area contributed by atoms with E-state index in [1.165, 1.54) is 0 Å². The van der Waals surface area contributed by atoms with E-state index in [1.807, 2.05) is 32.0 Å². The molecule has 0 saturated heterocycles. The van der Waals surface area contributed by atoms with Crippen molar-refractivity contribution in [3.63, 3.8) is 0 Å². The van der Waals surface area contributed by atoms with Crippen molar-refractivity contribution in [3.05, 3.63) is 63.6 Å². The lowest BCUT2D eigenvalue weighted by molar-refractivity contribution is 0.600. The van der Waals surface area contributed by atoms with Gasteiger partial charge in [-0.1, -0.05) is 61.3 Å². The van der Waals surface area contributed by atoms with Gasteiger partial charge in [0.05, 0.1) is 21.5 Å². The highest BCUT2D eigenvalue weighted by Crippen LogP contribution is 2.26. The topological polar surface area (TPSA) is 46.2 Å². The summed E-state index contributed by atoms with van der Waals surface area (Å²) in [5, 5.41) is 0.748. The van der Waals surface area contributed by atoms with Crippen LogP contribution in [0, 0.1) is 0 Å². The summed E-state index contributed by atoms with van der Waals surface area (Å²) in [6.45, 7) is 4.04. The molecule has 0 bridgehead atoms. The van der Waals surface area contributed by atoms with E-state index >= 15 is 0 Å². The van der Waals surface area contributed by atoms with Crippen molar-refractivity contribution in [2.45, 2.75) is 25.5 Å². The van der Waals surface area contributed by atoms with E-state index in [1.54, 1.807) is 24.3 Å². The molecule has 0 heterocycles. The lowest BCUT2D eigenvalue weighted by atomic mass is 10.0. The zero-order valence-corrected chi connectivity index (χ0v) is 14.6. The summed E-state index contributed by atoms with van der Waals surface area (Å²) in [5.41, 5.74) is 2.15. The van der Waals surface area contributed by atoms with Gasteiger partial charge >= 0.3 is 0 Å². The summed E-state index contributed by atoms with van der Waals surface area (Å²) in [6, 6.07) is 12.2. The van der Waals surface area contributed by atoms with Crippen LogP contribution in [0.2, 0.25) is 10.0 Å². The Morgan fingerprint density at radius 1 is 1.05 bits per heavy atom. The molecule has 0 aliphatic heterocycles. The minimum absolute atomic E-state index is 0.156. The number of anilines is 1. The Bertz CT molecular complexity index is 773. The van der Waals surface area contributed by atoms with Gasteiger partial charge in [0.15, 0.2) is 0 Å². The number of hydrogen-bond donors (Lipinski definition) is 1. The van der Waals surface area contributed by atoms with Crippen molar-refractivity contribution in [2.75, 3.05) is 4.72 Å². The van der Waals surface area contributed by atoms with E-state index in [2.05, 4.69) is 4.72 Å². The van der Waals surface area contributed by atoms with Crippen molar-refractivity contribution in [3.8, 4) is 0 Å². The van der Waals surface area contributed by atoms with Gasteiger partial charge in [0, 0.05) is 0 Å². The van der Waals surface area contributed by atoms with Gasteiger partial charge < -0.3 is 0 Å². The largest absolute Gasteiger partial charge is 0.283 e. The van der Waals surface area contributed by atoms with Crippen molar-refractivity contribution < 1.29 is 8.42 Å². The molecule has 1 N–H and O–H groups in total. The molecular weight excluding hydrogens is 341 g/mol. The quantitative estimate of drug-likeness (QED) is 0.812. The number of sulfonamides is 1. The summed E-state index contributed by atoms with van der Waals surface area (Å²) in [6.07, 6.45) is 0. The second-order valence-corrected chi connectivity index (χ2v) is 7.89. The number of nitrogens with one attached hydrogen (secondary N) is 1. The fraction of sp³-hybridized carbons (Fsp3) is 0.250. The Kier molecular flexibility index (Phi) is 5.37. The highest BCUT2D eigenvalue weighted by molar-refractivity contribution is 7.91. The molecule has 3 nitrogen and oxygen atoms in total. The van der Waals surface area contributed by atoms with Crippen LogP contribution in [-0.2, 0) is 15.8 Å². The predicted octanol–water partition coefficient (Wildman–Crippen LogP) is 5.06. The second-order valence-electron chi connectivity index (χ2n) is 5.35. The van der Waals surface area contributed by atoms with E-state index in [-0.39, 0.29) is 11.7 Å². The number of benzene rings is 2. The fourth-order valence-corrected chi connectivity index (χ4v) is 3.68. The second kappa shape index (κ2) is 6.90. The Morgan fingerprint density at radius 3 is 2.36 bits per heavy atom. The number of para-hydroxylation sites is 1. The Balaban J connectivity index is 2.23. The molecule has 0 spiro atoms. The zero-order chi connectivity index (χ0) is 16.3. The van der Waals surface area contributed by atoms with Crippen LogP contribution in [0.3, 0.4) is 0 Å². The molecule has 0 atom stereocenters. The number of halogens is 2. The van der Waals surface area contributed by atoms with Crippen LogP contribution in [-0.4, -0.2) is 8.42 Å². The van der Waals surface area contributed by atoms with Crippen LogP contribution in [0.25, 0.3) is 0 Å². The third-order valence-electron chi connectivity index (χ3n) is 3.19. The maximum Gasteiger partial charge on any atom is 0.236 e. The first-order valence-corrected chi connectivity index (χ1v) is 9.22. The van der Waals surface area contributed by atoms with Crippen LogP contribution in [0.15, 0.2) is 42.5 Å². The highest BCUT2D eigenvalue weighted by Gasteiger charge is 2.15. The normalized spacial score (nSPS) is 11.7. The van der Waals surface area contributed by atoms with Crippen LogP contribution in [0.4, 0.5) is 5.69 Å². The molecule has 6 heteroatoms. The van der Waals surface area contributed by atoms with Gasteiger partial charge in [-0.3, -0.25) is 4.72 Å². The smallest absolute Gasteiger partial charge is 0.236 e. The first-order valence-electron chi connectivity index (χ1n) is 6.82. The standard InChI is InChI=1S/C16H17Cl2NO2S/c1-11(2)13-5-3-4-6-16(13)19-22(20,21)10-12-7-8-14(17)15(18)9-12/h3-9,11,19H,10H2,1-2H3. The molecule has 0 aliphatic carbocycles. The van der Waals surface area contributed by atoms with Crippen molar-refractivity contribution in [1.82, 2.24) is 0 Å². The van der Waals surface area contributed by atoms with Gasteiger partial charge in [0.25, 0.3) is 0 Å². The Labute approximate surface area is 141 Å². The summed E-state index contributed by atoms with van der Waals surface area (Å²) in [5.74, 6) is 0.0694. The SMILES string of the molecule is CC(C)c1ccccc1NS(=O)(=O)Cc1ccc(Cl)c(Cl)c1. The van der Waals surface area contributed by atoms with Crippen LogP contribution < -0.4 is 4.72 Å². The molecule has 2 aromatic rings. The number of rotatable bonds is 5. The average molecular weight is 358 g/mol. The number of hydrogen-bond acceptors (Lipinski definition) is 2. The Morgan fingerprint density at radius 2 is 1.73 bits per heavy atom. The molecule has 118 valence electrons. The maximum absolute atomic E-state index is 12.4. The molecule has 0 aliphatic rings. The van der Waals surface area contributed by atoms with E-state index in [0.717, 1.165) is 5.56 Å². The van der Waals surface area contributed by atoms with Crippen molar-refractivity contribution >= 4 is 38.9 Å². The fourth-order valence-electron chi connectivity index (χ4n) is 2.15. The van der Waals surface area contributed by atoms with E-state index in [4.69, 9.17) is 23.2 Å². The third-order valence-corrected chi connectivity index (χ3v) is 5.17. The summed E-state index contributed by atoms with van der Waals surface area (Å²) in [4.78, 5) is 0. The minimum atomic E-state index is -3.53. The molecule has 0 radical (unpaired) electrons. The first kappa shape index (κ1) is 17.1. The van der Waals surface area contributed by atoms with E-state index < -0.39 is 10.0 Å². The van der Waals surface area contributed by atoms with E-state index in [0.29, 0.717) is 21.3 Å². The maximum atomic E-state index is 12.4. The molecule has 0 amide bonds. The average Bonchev–Trinajstić information content (AvgIpc) is 2.42. The third kappa shape index (κ3) is 4.38. The predicted molar refractivity (Wildman–Crippen MR) is 93.2 cm³/mol. The summed E-state index contributed by atoms with van der Waals surface area (Å²) >= 11 is 11.8. The zero-order valence-electron chi connectivity index (χ0n) is 12.3. The van der Waals surface area contributed by atoms with Gasteiger partial charge in [-0.2, -0.15) is 0 Å². The minimum Gasteiger partial charge on any atom is -0.283 e. The molecule has 0 fully saturated rings.